The van der Waals surface area contributed by atoms with Gasteiger partial charge in [-0.05, 0) is 19.5 Å². The van der Waals surface area contributed by atoms with Gasteiger partial charge in [0.15, 0.2) is 0 Å². The molecule has 72 valence electrons. The average molecular weight is 185 g/mol. The van der Waals surface area contributed by atoms with E-state index < -0.39 is 0 Å². The van der Waals surface area contributed by atoms with Crippen molar-refractivity contribution in [2.45, 2.75) is 40.0 Å². The number of rotatable bonds is 7. The third-order valence-corrected chi connectivity index (χ3v) is 4.10. The van der Waals surface area contributed by atoms with Crippen LogP contribution in [0.25, 0.3) is 0 Å². The fourth-order valence-corrected chi connectivity index (χ4v) is 2.34. The molecule has 0 saturated carbocycles. The quantitative estimate of drug-likeness (QED) is 0.434. The maximum absolute atomic E-state index is 2.56. The minimum Gasteiger partial charge on any atom is -0.326 e. The van der Waals surface area contributed by atoms with Crippen LogP contribution < -0.4 is 0 Å². The van der Waals surface area contributed by atoms with Crippen molar-refractivity contribution in [1.82, 2.24) is 4.57 Å². The molecule has 0 rings (SSSR count). The monoisotopic (exact) mass is 185 g/mol. The molecule has 0 spiro atoms. The van der Waals surface area contributed by atoms with Gasteiger partial charge in [-0.2, -0.15) is 0 Å². The Morgan fingerprint density at radius 2 is 1.83 bits per heavy atom. The average Bonchev–Trinajstić information content (AvgIpc) is 2.11. The topological polar surface area (TPSA) is 3.24 Å². The van der Waals surface area contributed by atoms with E-state index in [2.05, 4.69) is 37.1 Å². The predicted molar refractivity (Wildman–Crippen MR) is 60.1 cm³/mol. The summed E-state index contributed by atoms with van der Waals surface area (Å²) in [5.41, 5.74) is 2.43. The summed E-state index contributed by atoms with van der Waals surface area (Å²) in [7, 11) is -0.0499. The second-order valence-electron chi connectivity index (χ2n) is 3.10. The summed E-state index contributed by atoms with van der Waals surface area (Å²) in [6, 6.07) is 0. The van der Waals surface area contributed by atoms with Gasteiger partial charge in [-0.25, -0.2) is 0 Å². The first-order valence-corrected chi connectivity index (χ1v) is 6.67. The van der Waals surface area contributed by atoms with Crippen LogP contribution in [-0.4, -0.2) is 27.3 Å². The van der Waals surface area contributed by atoms with E-state index in [1.807, 2.05) is 0 Å². The van der Waals surface area contributed by atoms with Crippen LogP contribution in [0.2, 0.25) is 0 Å². The largest absolute Gasteiger partial charge is 0.326 e. The van der Waals surface area contributed by atoms with Gasteiger partial charge in [-0.15, -0.1) is 0 Å². The highest BCUT2D eigenvalue weighted by Crippen LogP contribution is 1.94. The minimum atomic E-state index is -0.0499. The first-order valence-electron chi connectivity index (χ1n) is 5.22. The lowest BCUT2D eigenvalue weighted by atomic mass is 10.2. The molecule has 0 amide bonds. The van der Waals surface area contributed by atoms with Gasteiger partial charge in [0.1, 0.15) is 9.68 Å². The molecule has 0 aromatic heterocycles. The van der Waals surface area contributed by atoms with Crippen LogP contribution in [0.4, 0.5) is 0 Å². The highest BCUT2D eigenvalue weighted by atomic mass is 28.2. The van der Waals surface area contributed by atoms with Crippen molar-refractivity contribution in [3.8, 4) is 0 Å². The standard InChI is InChI=1S/C10H23NSi/c1-4-7-8-9-10-12-11(5-2)6-3/h9-10H,4-8,12H2,1-3H3. The summed E-state index contributed by atoms with van der Waals surface area (Å²) in [5.74, 6) is 0. The Morgan fingerprint density at radius 3 is 2.33 bits per heavy atom. The Bertz CT molecular complexity index is 108. The summed E-state index contributed by atoms with van der Waals surface area (Å²) < 4.78 is 2.56. The molecular formula is C10H23NSi. The van der Waals surface area contributed by atoms with Crippen LogP contribution in [0.1, 0.15) is 40.0 Å². The van der Waals surface area contributed by atoms with Crippen LogP contribution in [0.15, 0.2) is 11.8 Å². The lowest BCUT2D eigenvalue weighted by Gasteiger charge is -2.14. The molecule has 0 bridgehead atoms. The van der Waals surface area contributed by atoms with Gasteiger partial charge in [0, 0.05) is 0 Å². The Kier molecular flexibility index (Phi) is 8.95. The summed E-state index contributed by atoms with van der Waals surface area (Å²) in [5, 5.41) is 0. The number of nitrogens with zero attached hydrogens (tertiary/aromatic N) is 1. The fraction of sp³-hybridized carbons (Fsp3) is 0.800. The molecule has 0 aromatic carbocycles. The highest BCUT2D eigenvalue weighted by molar-refractivity contribution is 6.38. The van der Waals surface area contributed by atoms with E-state index in [1.165, 1.54) is 32.4 Å². The van der Waals surface area contributed by atoms with E-state index in [9.17, 15) is 0 Å². The Morgan fingerprint density at radius 1 is 1.17 bits per heavy atom. The Hall–Kier alpha value is -0.0831. The lowest BCUT2D eigenvalue weighted by Crippen LogP contribution is -2.25. The summed E-state index contributed by atoms with van der Waals surface area (Å²) >= 11 is 0. The molecule has 0 fully saturated rings. The molecule has 0 saturated heterocycles. The summed E-state index contributed by atoms with van der Waals surface area (Å²) in [6.45, 7) is 9.18. The first kappa shape index (κ1) is 11.9. The van der Waals surface area contributed by atoms with E-state index in [4.69, 9.17) is 0 Å². The molecule has 0 N–H and O–H groups in total. The van der Waals surface area contributed by atoms with Crippen molar-refractivity contribution in [3.05, 3.63) is 11.8 Å². The SMILES string of the molecule is CCCCC=C[SiH2]N(CC)CC. The lowest BCUT2D eigenvalue weighted by molar-refractivity contribution is 0.498. The zero-order chi connectivity index (χ0) is 9.23. The van der Waals surface area contributed by atoms with Gasteiger partial charge in [0.2, 0.25) is 0 Å². The predicted octanol–water partition coefficient (Wildman–Crippen LogP) is 2.12. The Labute approximate surface area is 79.7 Å². The van der Waals surface area contributed by atoms with Gasteiger partial charge >= 0.3 is 0 Å². The fourth-order valence-electron chi connectivity index (χ4n) is 1.15. The number of allylic oxidation sites excluding steroid dienone is 1. The molecular weight excluding hydrogens is 162 g/mol. The van der Waals surface area contributed by atoms with Crippen molar-refractivity contribution in [2.75, 3.05) is 13.1 Å². The molecule has 0 aliphatic heterocycles. The van der Waals surface area contributed by atoms with Crippen molar-refractivity contribution in [2.24, 2.45) is 0 Å². The van der Waals surface area contributed by atoms with Crippen molar-refractivity contribution < 1.29 is 0 Å². The molecule has 1 nitrogen and oxygen atoms in total. The molecule has 12 heavy (non-hydrogen) atoms. The second kappa shape index (κ2) is 9.01. The maximum Gasteiger partial charge on any atom is 0.119 e. The number of unbranched alkanes of at least 4 members (excludes halogenated alkanes) is 2. The van der Waals surface area contributed by atoms with Crippen molar-refractivity contribution in [1.29, 1.82) is 0 Å². The molecule has 2 heteroatoms. The second-order valence-corrected chi connectivity index (χ2v) is 4.83. The molecule has 0 heterocycles. The smallest absolute Gasteiger partial charge is 0.119 e. The van der Waals surface area contributed by atoms with Gasteiger partial charge < -0.3 is 4.57 Å². The Balaban J connectivity index is 3.31. The molecule has 0 radical (unpaired) electrons. The van der Waals surface area contributed by atoms with E-state index in [0.29, 0.717) is 0 Å². The van der Waals surface area contributed by atoms with E-state index in [0.717, 1.165) is 0 Å². The zero-order valence-corrected chi connectivity index (χ0v) is 10.3. The van der Waals surface area contributed by atoms with Crippen LogP contribution in [0.5, 0.6) is 0 Å². The minimum absolute atomic E-state index is 0.0499. The van der Waals surface area contributed by atoms with Crippen LogP contribution >= 0.6 is 0 Å². The van der Waals surface area contributed by atoms with Gasteiger partial charge in [0.05, 0.1) is 0 Å². The maximum atomic E-state index is 2.56. The third kappa shape index (κ3) is 6.62. The molecule has 0 unspecified atom stereocenters. The molecule has 0 aliphatic carbocycles. The van der Waals surface area contributed by atoms with Crippen LogP contribution in [0, 0.1) is 0 Å². The third-order valence-electron chi connectivity index (χ3n) is 2.15. The van der Waals surface area contributed by atoms with Crippen LogP contribution in [-0.2, 0) is 0 Å². The molecule has 0 aromatic rings. The van der Waals surface area contributed by atoms with Crippen LogP contribution in [0.3, 0.4) is 0 Å². The summed E-state index contributed by atoms with van der Waals surface area (Å²) in [4.78, 5) is 0. The van der Waals surface area contributed by atoms with Crippen molar-refractivity contribution in [3.63, 3.8) is 0 Å². The van der Waals surface area contributed by atoms with Crippen molar-refractivity contribution >= 4 is 9.68 Å². The first-order chi connectivity index (χ1) is 5.85. The van der Waals surface area contributed by atoms with Gasteiger partial charge in [0.25, 0.3) is 0 Å². The van der Waals surface area contributed by atoms with E-state index in [-0.39, 0.29) is 9.68 Å². The van der Waals surface area contributed by atoms with Gasteiger partial charge in [-0.1, -0.05) is 45.4 Å². The normalized spacial score (nSPS) is 12.7. The van der Waals surface area contributed by atoms with E-state index in [1.54, 1.807) is 0 Å². The van der Waals surface area contributed by atoms with E-state index >= 15 is 0 Å². The summed E-state index contributed by atoms with van der Waals surface area (Å²) in [6.07, 6.45) is 6.32. The molecule has 0 atom stereocenters. The zero-order valence-electron chi connectivity index (χ0n) is 8.84. The highest BCUT2D eigenvalue weighted by Gasteiger charge is 1.93. The van der Waals surface area contributed by atoms with Gasteiger partial charge in [-0.3, -0.25) is 0 Å². The number of hydrogen-bond donors (Lipinski definition) is 0. The number of hydrogen-bond acceptors (Lipinski definition) is 1. The molecule has 0 aliphatic rings.